The lowest BCUT2D eigenvalue weighted by Gasteiger charge is -2.11. The molecule has 0 aliphatic carbocycles. The molecule has 0 spiro atoms. The standard InChI is InChI=1S/C24H25N5O3S2/c1-3-4-13-25-24(30)29-34(31,32)19-11-9-18(10-12-19)28-22-21-20(14-33-23(21)27-15-26-22)17-7-5-16(2)6-8-17/h5-12,14-15H,3-4,13H2,1-2H3,(H2,25,29,30)(H,26,27,28). The van der Waals surface area contributed by atoms with Gasteiger partial charge in [-0.3, -0.25) is 0 Å². The van der Waals surface area contributed by atoms with Gasteiger partial charge < -0.3 is 10.6 Å². The summed E-state index contributed by atoms with van der Waals surface area (Å²) in [6.07, 6.45) is 3.18. The van der Waals surface area contributed by atoms with Crippen molar-refractivity contribution in [2.45, 2.75) is 31.6 Å². The smallest absolute Gasteiger partial charge is 0.328 e. The van der Waals surface area contributed by atoms with E-state index in [1.807, 2.05) is 18.6 Å². The molecule has 0 radical (unpaired) electrons. The van der Waals surface area contributed by atoms with Gasteiger partial charge >= 0.3 is 6.03 Å². The van der Waals surface area contributed by atoms with Gasteiger partial charge in [-0.2, -0.15) is 0 Å². The van der Waals surface area contributed by atoms with Gasteiger partial charge in [-0.25, -0.2) is 27.9 Å². The number of thiophene rings is 1. The van der Waals surface area contributed by atoms with Crippen LogP contribution >= 0.6 is 11.3 Å². The Hall–Kier alpha value is -3.50. The Kier molecular flexibility index (Phi) is 7.09. The van der Waals surface area contributed by atoms with Gasteiger partial charge in [0.25, 0.3) is 10.0 Å². The second-order valence-electron chi connectivity index (χ2n) is 7.78. The van der Waals surface area contributed by atoms with Crippen molar-refractivity contribution in [2.24, 2.45) is 0 Å². The van der Waals surface area contributed by atoms with Crippen LogP contribution in [0.15, 0.2) is 65.1 Å². The topological polar surface area (TPSA) is 113 Å². The number of amides is 2. The molecule has 8 nitrogen and oxygen atoms in total. The van der Waals surface area contributed by atoms with Crippen LogP contribution in [0.2, 0.25) is 0 Å². The zero-order valence-electron chi connectivity index (χ0n) is 18.8. The molecule has 0 aliphatic rings. The summed E-state index contributed by atoms with van der Waals surface area (Å²) in [7, 11) is -3.97. The maximum Gasteiger partial charge on any atom is 0.328 e. The fraction of sp³-hybridized carbons (Fsp3) is 0.208. The highest BCUT2D eigenvalue weighted by atomic mass is 32.2. The Bertz CT molecular complexity index is 1400. The predicted octanol–water partition coefficient (Wildman–Crippen LogP) is 5.20. The largest absolute Gasteiger partial charge is 0.340 e. The highest BCUT2D eigenvalue weighted by molar-refractivity contribution is 7.90. The molecule has 10 heteroatoms. The number of carbonyl (C=O) groups is 1. The van der Waals surface area contributed by atoms with Gasteiger partial charge in [0.05, 0.1) is 10.3 Å². The number of fused-ring (bicyclic) bond motifs is 1. The molecule has 0 unspecified atom stereocenters. The number of carbonyl (C=O) groups excluding carboxylic acids is 1. The summed E-state index contributed by atoms with van der Waals surface area (Å²) >= 11 is 1.54. The fourth-order valence-corrected chi connectivity index (χ4v) is 5.21. The molecule has 0 bridgehead atoms. The van der Waals surface area contributed by atoms with Crippen molar-refractivity contribution in [3.63, 3.8) is 0 Å². The molecule has 3 N–H and O–H groups in total. The Labute approximate surface area is 202 Å². The van der Waals surface area contributed by atoms with E-state index in [2.05, 4.69) is 50.2 Å². The molecule has 0 atom stereocenters. The van der Waals surface area contributed by atoms with Crippen molar-refractivity contribution in [1.29, 1.82) is 0 Å². The van der Waals surface area contributed by atoms with Crippen LogP contribution in [-0.2, 0) is 10.0 Å². The second kappa shape index (κ2) is 10.2. The van der Waals surface area contributed by atoms with Crippen molar-refractivity contribution < 1.29 is 13.2 Å². The van der Waals surface area contributed by atoms with E-state index in [9.17, 15) is 13.2 Å². The molecular formula is C24H25N5O3S2. The van der Waals surface area contributed by atoms with E-state index in [0.29, 0.717) is 18.1 Å². The molecule has 34 heavy (non-hydrogen) atoms. The minimum absolute atomic E-state index is 0.00703. The molecule has 2 amide bonds. The number of aryl methyl sites for hydroxylation is 1. The third kappa shape index (κ3) is 5.35. The SMILES string of the molecule is CCCCNC(=O)NS(=O)(=O)c1ccc(Nc2ncnc3scc(-c4ccc(C)cc4)c23)cc1. The highest BCUT2D eigenvalue weighted by Gasteiger charge is 2.18. The fourth-order valence-electron chi connectivity index (χ4n) is 3.37. The minimum Gasteiger partial charge on any atom is -0.340 e. The number of urea groups is 1. The van der Waals surface area contributed by atoms with Crippen LogP contribution in [0.25, 0.3) is 21.3 Å². The number of unbranched alkanes of at least 4 members (excludes halogenated alkanes) is 1. The zero-order chi connectivity index (χ0) is 24.1. The lowest BCUT2D eigenvalue weighted by molar-refractivity contribution is 0.245. The quantitative estimate of drug-likeness (QED) is 0.290. The summed E-state index contributed by atoms with van der Waals surface area (Å²) < 4.78 is 27.0. The van der Waals surface area contributed by atoms with Crippen LogP contribution in [0.3, 0.4) is 0 Å². The normalized spacial score (nSPS) is 11.4. The van der Waals surface area contributed by atoms with Gasteiger partial charge in [0, 0.05) is 23.2 Å². The summed E-state index contributed by atoms with van der Waals surface area (Å²) in [5, 5.41) is 8.76. The first-order valence-corrected chi connectivity index (χ1v) is 13.2. The molecule has 2 aromatic carbocycles. The van der Waals surface area contributed by atoms with Crippen LogP contribution < -0.4 is 15.4 Å². The third-order valence-electron chi connectivity index (χ3n) is 5.20. The molecule has 4 aromatic rings. The van der Waals surface area contributed by atoms with E-state index < -0.39 is 16.1 Å². The number of nitrogens with one attached hydrogen (secondary N) is 3. The lowest BCUT2D eigenvalue weighted by atomic mass is 10.0. The van der Waals surface area contributed by atoms with Crippen molar-refractivity contribution >= 4 is 49.1 Å². The van der Waals surface area contributed by atoms with E-state index in [-0.39, 0.29) is 4.90 Å². The van der Waals surface area contributed by atoms with Crippen molar-refractivity contribution in [3.8, 4) is 11.1 Å². The number of hydrogen-bond donors (Lipinski definition) is 3. The Morgan fingerprint density at radius 2 is 1.76 bits per heavy atom. The first-order valence-electron chi connectivity index (χ1n) is 10.8. The summed E-state index contributed by atoms with van der Waals surface area (Å²) in [5.74, 6) is 0.630. The summed E-state index contributed by atoms with van der Waals surface area (Å²) in [6, 6.07) is 13.7. The molecular weight excluding hydrogens is 470 g/mol. The van der Waals surface area contributed by atoms with E-state index in [4.69, 9.17) is 0 Å². The monoisotopic (exact) mass is 495 g/mol. The van der Waals surface area contributed by atoms with Gasteiger partial charge in [-0.15, -0.1) is 11.3 Å². The van der Waals surface area contributed by atoms with Crippen molar-refractivity contribution in [2.75, 3.05) is 11.9 Å². The molecule has 4 rings (SSSR count). The van der Waals surface area contributed by atoms with E-state index in [1.165, 1.54) is 35.4 Å². The van der Waals surface area contributed by atoms with Crippen LogP contribution in [0.5, 0.6) is 0 Å². The Balaban J connectivity index is 1.55. The van der Waals surface area contributed by atoms with E-state index in [1.54, 1.807) is 12.1 Å². The lowest BCUT2D eigenvalue weighted by Crippen LogP contribution is -2.39. The van der Waals surface area contributed by atoms with Gasteiger partial charge in [0.2, 0.25) is 0 Å². The number of aromatic nitrogens is 2. The number of nitrogens with zero attached hydrogens (tertiary/aromatic N) is 2. The minimum atomic E-state index is -3.97. The molecule has 0 fully saturated rings. The molecule has 2 heterocycles. The number of sulfonamides is 1. The van der Waals surface area contributed by atoms with Gasteiger partial charge in [-0.05, 0) is 43.2 Å². The molecule has 0 aliphatic heterocycles. The number of benzene rings is 2. The average Bonchev–Trinajstić information content (AvgIpc) is 3.25. The first kappa shape index (κ1) is 23.7. The second-order valence-corrected chi connectivity index (χ2v) is 10.3. The summed E-state index contributed by atoms with van der Waals surface area (Å²) in [4.78, 5) is 21.5. The number of anilines is 2. The molecule has 0 saturated carbocycles. The van der Waals surface area contributed by atoms with Crippen LogP contribution in [0.4, 0.5) is 16.3 Å². The van der Waals surface area contributed by atoms with E-state index >= 15 is 0 Å². The molecule has 176 valence electrons. The van der Waals surface area contributed by atoms with Crippen LogP contribution in [0, 0.1) is 6.92 Å². The van der Waals surface area contributed by atoms with Crippen molar-refractivity contribution in [3.05, 3.63) is 65.8 Å². The maximum atomic E-state index is 12.5. The number of rotatable bonds is 8. The number of hydrogen-bond acceptors (Lipinski definition) is 7. The van der Waals surface area contributed by atoms with Crippen molar-refractivity contribution in [1.82, 2.24) is 20.0 Å². The highest BCUT2D eigenvalue weighted by Crippen LogP contribution is 2.37. The third-order valence-corrected chi connectivity index (χ3v) is 7.44. The summed E-state index contributed by atoms with van der Waals surface area (Å²) in [5.41, 5.74) is 3.94. The maximum absolute atomic E-state index is 12.5. The Morgan fingerprint density at radius 1 is 1.03 bits per heavy atom. The Morgan fingerprint density at radius 3 is 2.47 bits per heavy atom. The van der Waals surface area contributed by atoms with E-state index in [0.717, 1.165) is 34.2 Å². The van der Waals surface area contributed by atoms with Gasteiger partial charge in [-0.1, -0.05) is 43.2 Å². The first-order chi connectivity index (χ1) is 16.4. The zero-order valence-corrected chi connectivity index (χ0v) is 20.5. The molecule has 0 saturated heterocycles. The average molecular weight is 496 g/mol. The molecule has 2 aromatic heterocycles. The van der Waals surface area contributed by atoms with Crippen LogP contribution in [-0.4, -0.2) is 31.0 Å². The van der Waals surface area contributed by atoms with Gasteiger partial charge in [0.15, 0.2) is 0 Å². The summed E-state index contributed by atoms with van der Waals surface area (Å²) in [6.45, 7) is 4.45. The van der Waals surface area contributed by atoms with Gasteiger partial charge in [0.1, 0.15) is 17.0 Å². The van der Waals surface area contributed by atoms with Crippen LogP contribution in [0.1, 0.15) is 25.3 Å². The predicted molar refractivity (Wildman–Crippen MR) is 136 cm³/mol.